The molecule has 2 aliphatic rings. The Labute approximate surface area is 164 Å². The van der Waals surface area contributed by atoms with E-state index < -0.39 is 0 Å². The number of phenolic OH excluding ortho intramolecular Hbond substituents is 1. The van der Waals surface area contributed by atoms with E-state index in [0.717, 1.165) is 57.4 Å². The molecule has 0 atom stereocenters. The van der Waals surface area contributed by atoms with Crippen molar-refractivity contribution >= 4 is 24.1 Å². The smallest absolute Gasteiger partial charge is 0.250 e. The Kier molecular flexibility index (Phi) is 5.41. The van der Waals surface area contributed by atoms with Gasteiger partial charge in [0.15, 0.2) is 11.5 Å². The number of benzene rings is 1. The minimum Gasteiger partial charge on any atom is -0.504 e. The van der Waals surface area contributed by atoms with Crippen molar-refractivity contribution in [2.24, 2.45) is 5.10 Å². The van der Waals surface area contributed by atoms with Gasteiger partial charge in [0.25, 0.3) is 0 Å². The zero-order valence-electron chi connectivity index (χ0n) is 16.0. The number of hydrogen-bond donors (Lipinski definition) is 2. The van der Waals surface area contributed by atoms with Gasteiger partial charge in [-0.1, -0.05) is 0 Å². The summed E-state index contributed by atoms with van der Waals surface area (Å²) in [6, 6.07) is 5.03. The maximum absolute atomic E-state index is 9.69. The van der Waals surface area contributed by atoms with E-state index in [0.29, 0.717) is 23.6 Å². The maximum Gasteiger partial charge on any atom is 0.250 e. The number of ether oxygens (including phenoxy) is 1. The summed E-state index contributed by atoms with van der Waals surface area (Å²) >= 11 is 0. The van der Waals surface area contributed by atoms with Crippen LogP contribution < -0.4 is 20.0 Å². The first kappa shape index (κ1) is 18.3. The van der Waals surface area contributed by atoms with Gasteiger partial charge in [0, 0.05) is 26.2 Å². The van der Waals surface area contributed by atoms with Gasteiger partial charge in [-0.2, -0.15) is 20.1 Å². The quantitative estimate of drug-likeness (QED) is 0.579. The van der Waals surface area contributed by atoms with Crippen molar-refractivity contribution in [2.45, 2.75) is 25.7 Å². The van der Waals surface area contributed by atoms with E-state index in [-0.39, 0.29) is 5.75 Å². The van der Waals surface area contributed by atoms with Gasteiger partial charge in [-0.15, -0.1) is 0 Å². The molecule has 0 amide bonds. The molecule has 1 aromatic heterocycles. The Bertz CT molecular complexity index is 812. The number of nitrogens with one attached hydrogen (secondary N) is 1. The maximum atomic E-state index is 9.69. The molecule has 3 heterocycles. The lowest BCUT2D eigenvalue weighted by atomic mass is 10.2. The molecule has 1 aromatic carbocycles. The molecule has 2 aromatic rings. The van der Waals surface area contributed by atoms with E-state index in [4.69, 9.17) is 4.74 Å². The zero-order chi connectivity index (χ0) is 19.3. The lowest BCUT2D eigenvalue weighted by molar-refractivity contribution is 0.373. The molecule has 148 valence electrons. The Morgan fingerprint density at radius 3 is 2.18 bits per heavy atom. The number of anilines is 3. The van der Waals surface area contributed by atoms with Crippen molar-refractivity contribution < 1.29 is 9.84 Å². The average molecular weight is 383 g/mol. The average Bonchev–Trinajstić information content (AvgIpc) is 3.43. The van der Waals surface area contributed by atoms with Gasteiger partial charge >= 0.3 is 0 Å². The SMILES string of the molecule is COc1cc(C=NNc2nc(N3CCCC3)nc(N3CCCC3)n2)ccc1O. The number of aromatic hydroxyl groups is 1. The van der Waals surface area contributed by atoms with E-state index in [1.54, 1.807) is 24.4 Å². The van der Waals surface area contributed by atoms with Crippen molar-refractivity contribution in [1.29, 1.82) is 0 Å². The molecule has 2 fully saturated rings. The van der Waals surface area contributed by atoms with E-state index in [2.05, 4.69) is 35.3 Å². The second-order valence-electron chi connectivity index (χ2n) is 6.95. The van der Waals surface area contributed by atoms with Gasteiger partial charge in [-0.3, -0.25) is 0 Å². The van der Waals surface area contributed by atoms with E-state index in [1.165, 1.54) is 7.11 Å². The predicted octanol–water partition coefficient (Wildman–Crippen LogP) is 2.23. The van der Waals surface area contributed by atoms with Gasteiger partial charge in [0.2, 0.25) is 17.8 Å². The molecule has 2 N–H and O–H groups in total. The van der Waals surface area contributed by atoms with Crippen LogP contribution in [0.3, 0.4) is 0 Å². The van der Waals surface area contributed by atoms with E-state index in [9.17, 15) is 5.11 Å². The molecule has 0 radical (unpaired) electrons. The van der Waals surface area contributed by atoms with Crippen LogP contribution in [0, 0.1) is 0 Å². The summed E-state index contributed by atoms with van der Waals surface area (Å²) in [6.07, 6.45) is 6.28. The molecule has 0 saturated carbocycles. The van der Waals surface area contributed by atoms with Crippen molar-refractivity contribution in [3.8, 4) is 11.5 Å². The molecule has 2 aliphatic heterocycles. The molecular formula is C19H25N7O2. The Balaban J connectivity index is 1.54. The first-order valence-corrected chi connectivity index (χ1v) is 9.65. The van der Waals surface area contributed by atoms with Crippen LogP contribution in [-0.4, -0.2) is 59.6 Å². The summed E-state index contributed by atoms with van der Waals surface area (Å²) in [5, 5.41) is 13.9. The Morgan fingerprint density at radius 1 is 1.00 bits per heavy atom. The van der Waals surface area contributed by atoms with Crippen LogP contribution in [0.25, 0.3) is 0 Å². The summed E-state index contributed by atoms with van der Waals surface area (Å²) < 4.78 is 5.12. The van der Waals surface area contributed by atoms with Gasteiger partial charge in [0.05, 0.1) is 13.3 Å². The third kappa shape index (κ3) is 4.08. The molecule has 2 saturated heterocycles. The summed E-state index contributed by atoms with van der Waals surface area (Å²) in [7, 11) is 1.51. The van der Waals surface area contributed by atoms with E-state index >= 15 is 0 Å². The van der Waals surface area contributed by atoms with E-state index in [1.807, 2.05) is 0 Å². The van der Waals surface area contributed by atoms with Crippen LogP contribution in [0.4, 0.5) is 17.8 Å². The molecule has 0 spiro atoms. The van der Waals surface area contributed by atoms with Crippen LogP contribution in [0.2, 0.25) is 0 Å². The summed E-state index contributed by atoms with van der Waals surface area (Å²) in [5.74, 6) is 2.34. The van der Waals surface area contributed by atoms with Gasteiger partial charge in [-0.25, -0.2) is 5.43 Å². The lowest BCUT2D eigenvalue weighted by Crippen LogP contribution is -2.25. The standard InChI is InChI=1S/C19H25N7O2/c1-28-16-12-14(6-7-15(16)27)13-20-24-17-21-18(25-8-2-3-9-25)23-19(22-17)26-10-4-5-11-26/h6-7,12-13,27H,2-5,8-11H2,1H3,(H,21,22,23,24). The molecule has 0 bridgehead atoms. The Hall–Kier alpha value is -3.10. The highest BCUT2D eigenvalue weighted by Crippen LogP contribution is 2.26. The van der Waals surface area contributed by atoms with Gasteiger partial charge in [0.1, 0.15) is 0 Å². The number of nitrogens with zero attached hydrogens (tertiary/aromatic N) is 6. The molecule has 9 heteroatoms. The molecule has 28 heavy (non-hydrogen) atoms. The highest BCUT2D eigenvalue weighted by atomic mass is 16.5. The Morgan fingerprint density at radius 2 is 1.61 bits per heavy atom. The fourth-order valence-corrected chi connectivity index (χ4v) is 3.46. The minimum absolute atomic E-state index is 0.0931. The number of hydrazone groups is 1. The number of rotatable bonds is 6. The summed E-state index contributed by atoms with van der Waals surface area (Å²) in [5.41, 5.74) is 3.71. The van der Waals surface area contributed by atoms with Crippen LogP contribution >= 0.6 is 0 Å². The zero-order valence-corrected chi connectivity index (χ0v) is 16.0. The fourth-order valence-electron chi connectivity index (χ4n) is 3.46. The molecule has 0 unspecified atom stereocenters. The van der Waals surface area contributed by atoms with Crippen molar-refractivity contribution in [3.05, 3.63) is 23.8 Å². The highest BCUT2D eigenvalue weighted by molar-refractivity contribution is 5.81. The normalized spacial score (nSPS) is 16.9. The highest BCUT2D eigenvalue weighted by Gasteiger charge is 2.21. The first-order valence-electron chi connectivity index (χ1n) is 9.65. The predicted molar refractivity (Wildman–Crippen MR) is 109 cm³/mol. The largest absolute Gasteiger partial charge is 0.504 e. The third-order valence-electron chi connectivity index (χ3n) is 4.97. The monoisotopic (exact) mass is 383 g/mol. The lowest BCUT2D eigenvalue weighted by Gasteiger charge is -2.20. The number of phenols is 1. The third-order valence-corrected chi connectivity index (χ3v) is 4.97. The molecule has 9 nitrogen and oxygen atoms in total. The van der Waals surface area contributed by atoms with Crippen LogP contribution in [0.15, 0.2) is 23.3 Å². The van der Waals surface area contributed by atoms with Crippen molar-refractivity contribution in [2.75, 3.05) is 48.5 Å². The van der Waals surface area contributed by atoms with Crippen LogP contribution in [0.5, 0.6) is 11.5 Å². The first-order chi connectivity index (χ1) is 13.7. The van der Waals surface area contributed by atoms with Crippen LogP contribution in [0.1, 0.15) is 31.2 Å². The summed E-state index contributed by atoms with van der Waals surface area (Å²) in [4.78, 5) is 18.2. The molecule has 4 rings (SSSR count). The topological polar surface area (TPSA) is 99.0 Å². The second kappa shape index (κ2) is 8.28. The van der Waals surface area contributed by atoms with Crippen molar-refractivity contribution in [3.63, 3.8) is 0 Å². The van der Waals surface area contributed by atoms with Crippen molar-refractivity contribution in [1.82, 2.24) is 15.0 Å². The number of aromatic nitrogens is 3. The number of hydrogen-bond acceptors (Lipinski definition) is 9. The molecule has 0 aliphatic carbocycles. The minimum atomic E-state index is 0.0931. The fraction of sp³-hybridized carbons (Fsp3) is 0.474. The summed E-state index contributed by atoms with van der Waals surface area (Å²) in [6.45, 7) is 3.89. The van der Waals surface area contributed by atoms with Crippen LogP contribution in [-0.2, 0) is 0 Å². The number of methoxy groups -OCH3 is 1. The van der Waals surface area contributed by atoms with Gasteiger partial charge < -0.3 is 19.6 Å². The second-order valence-corrected chi connectivity index (χ2v) is 6.95. The molecular weight excluding hydrogens is 358 g/mol. The van der Waals surface area contributed by atoms with Gasteiger partial charge in [-0.05, 0) is 49.4 Å².